The van der Waals surface area contributed by atoms with Gasteiger partial charge in [0.1, 0.15) is 5.82 Å². The van der Waals surface area contributed by atoms with Crippen molar-refractivity contribution in [3.8, 4) is 0 Å². The number of aromatic nitrogens is 3. The van der Waals surface area contributed by atoms with Crippen LogP contribution in [0, 0.1) is 0 Å². The fourth-order valence-electron chi connectivity index (χ4n) is 1.93. The van der Waals surface area contributed by atoms with Crippen molar-refractivity contribution in [2.24, 2.45) is 0 Å². The minimum Gasteiger partial charge on any atom is -0.378 e. The molecule has 21 heavy (non-hydrogen) atoms. The zero-order valence-electron chi connectivity index (χ0n) is 12.7. The van der Waals surface area contributed by atoms with Crippen LogP contribution in [0.2, 0.25) is 0 Å². The van der Waals surface area contributed by atoms with Crippen LogP contribution in [-0.2, 0) is 16.0 Å². The summed E-state index contributed by atoms with van der Waals surface area (Å²) in [4.78, 5) is 28.3. The lowest BCUT2D eigenvalue weighted by Crippen LogP contribution is -2.38. The molecular weight excluding hydrogens is 294 g/mol. The summed E-state index contributed by atoms with van der Waals surface area (Å²) in [5, 5.41) is 0. The van der Waals surface area contributed by atoms with Crippen LogP contribution in [0.3, 0.4) is 0 Å². The molecule has 0 saturated carbocycles. The lowest BCUT2D eigenvalue weighted by Gasteiger charge is -2.27. The van der Waals surface area contributed by atoms with Gasteiger partial charge >= 0.3 is 0 Å². The number of morpholine rings is 1. The Balaban J connectivity index is 0.00000220. The van der Waals surface area contributed by atoms with E-state index < -0.39 is 0 Å². The smallest absolute Gasteiger partial charge is 0.236 e. The Morgan fingerprint density at radius 1 is 1.29 bits per heavy atom. The summed E-state index contributed by atoms with van der Waals surface area (Å²) in [7, 11) is 1.68. The Morgan fingerprint density at radius 2 is 1.95 bits per heavy atom. The van der Waals surface area contributed by atoms with Crippen molar-refractivity contribution in [3.63, 3.8) is 0 Å². The number of carbonyl (C=O) groups is 1. The average molecular weight is 316 g/mol. The molecule has 1 aromatic heterocycles. The van der Waals surface area contributed by atoms with Crippen LogP contribution in [0.25, 0.3) is 0 Å². The predicted molar refractivity (Wildman–Crippen MR) is 83.2 cm³/mol. The minimum atomic E-state index is -0.0911. The molecule has 0 aromatic carbocycles. The third kappa shape index (κ3) is 4.50. The van der Waals surface area contributed by atoms with Gasteiger partial charge in [0.05, 0.1) is 13.2 Å². The van der Waals surface area contributed by atoms with Crippen molar-refractivity contribution in [2.45, 2.75) is 26.7 Å². The summed E-state index contributed by atoms with van der Waals surface area (Å²) >= 11 is 0. The second kappa shape index (κ2) is 8.09. The Bertz CT molecular complexity index is 480. The molecule has 1 fully saturated rings. The van der Waals surface area contributed by atoms with Gasteiger partial charge in [-0.1, -0.05) is 6.92 Å². The van der Waals surface area contributed by atoms with Crippen LogP contribution < -0.4 is 9.80 Å². The van der Waals surface area contributed by atoms with Gasteiger partial charge in [0.2, 0.25) is 17.8 Å². The molecule has 1 amide bonds. The molecule has 0 aliphatic carbocycles. The molecule has 0 N–H and O–H groups in total. The van der Waals surface area contributed by atoms with Gasteiger partial charge in [-0.3, -0.25) is 9.69 Å². The number of hydrogen-bond donors (Lipinski definition) is 0. The lowest BCUT2D eigenvalue weighted by atomic mass is 10.3. The van der Waals surface area contributed by atoms with Crippen LogP contribution in [0.5, 0.6) is 0 Å². The summed E-state index contributed by atoms with van der Waals surface area (Å²) < 4.78 is 5.34. The fraction of sp³-hybridized carbons (Fsp3) is 0.692. The molecule has 0 radical (unpaired) electrons. The van der Waals surface area contributed by atoms with Gasteiger partial charge in [-0.15, -0.1) is 12.4 Å². The van der Waals surface area contributed by atoms with E-state index in [0.29, 0.717) is 25.1 Å². The molecule has 7 nitrogen and oxygen atoms in total. The van der Waals surface area contributed by atoms with Crippen molar-refractivity contribution in [2.75, 3.05) is 43.2 Å². The second-order valence-corrected chi connectivity index (χ2v) is 4.78. The van der Waals surface area contributed by atoms with Gasteiger partial charge in [0, 0.05) is 33.5 Å². The summed E-state index contributed by atoms with van der Waals surface area (Å²) in [5.41, 5.74) is 0. The van der Waals surface area contributed by atoms with Crippen LogP contribution in [0.4, 0.5) is 11.9 Å². The van der Waals surface area contributed by atoms with Crippen LogP contribution in [0.15, 0.2) is 0 Å². The Kier molecular flexibility index (Phi) is 6.77. The highest BCUT2D eigenvalue weighted by Gasteiger charge is 2.18. The molecule has 2 rings (SSSR count). The fourth-order valence-corrected chi connectivity index (χ4v) is 1.93. The van der Waals surface area contributed by atoms with E-state index in [1.54, 1.807) is 7.05 Å². The number of hydrogen-bond acceptors (Lipinski definition) is 6. The van der Waals surface area contributed by atoms with Crippen molar-refractivity contribution in [3.05, 3.63) is 5.82 Å². The number of rotatable bonds is 4. The van der Waals surface area contributed by atoms with Crippen molar-refractivity contribution >= 4 is 30.2 Å². The van der Waals surface area contributed by atoms with E-state index in [-0.39, 0.29) is 18.3 Å². The number of carbonyl (C=O) groups excluding carboxylic acids is 1. The van der Waals surface area contributed by atoms with Gasteiger partial charge in [-0.05, 0) is 6.42 Å². The third-order valence-corrected chi connectivity index (χ3v) is 3.20. The number of ether oxygens (including phenoxy) is 1. The van der Waals surface area contributed by atoms with Gasteiger partial charge < -0.3 is 9.64 Å². The Morgan fingerprint density at radius 3 is 2.52 bits per heavy atom. The van der Waals surface area contributed by atoms with Gasteiger partial charge in [-0.2, -0.15) is 15.0 Å². The first-order valence-electron chi connectivity index (χ1n) is 6.93. The highest BCUT2D eigenvalue weighted by atomic mass is 35.5. The van der Waals surface area contributed by atoms with Gasteiger partial charge in [-0.25, -0.2) is 0 Å². The number of halogens is 1. The van der Waals surface area contributed by atoms with E-state index in [0.717, 1.165) is 31.8 Å². The maximum atomic E-state index is 11.5. The first-order valence-corrected chi connectivity index (χ1v) is 6.93. The summed E-state index contributed by atoms with van der Waals surface area (Å²) in [5.74, 6) is 1.69. The molecule has 0 spiro atoms. The molecule has 1 aliphatic rings. The summed E-state index contributed by atoms with van der Waals surface area (Å²) in [6.45, 7) is 6.45. The highest BCUT2D eigenvalue weighted by Crippen LogP contribution is 2.15. The Hall–Kier alpha value is -1.47. The maximum absolute atomic E-state index is 11.5. The van der Waals surface area contributed by atoms with E-state index in [9.17, 15) is 4.79 Å². The first kappa shape index (κ1) is 17.6. The molecular formula is C13H22ClN5O2. The van der Waals surface area contributed by atoms with E-state index in [4.69, 9.17) is 4.74 Å². The number of anilines is 2. The number of amides is 1. The van der Waals surface area contributed by atoms with E-state index in [2.05, 4.69) is 26.8 Å². The monoisotopic (exact) mass is 315 g/mol. The Labute approximate surface area is 131 Å². The maximum Gasteiger partial charge on any atom is 0.236 e. The van der Waals surface area contributed by atoms with Crippen LogP contribution >= 0.6 is 12.4 Å². The van der Waals surface area contributed by atoms with E-state index in [1.165, 1.54) is 11.8 Å². The van der Waals surface area contributed by atoms with Crippen molar-refractivity contribution in [1.29, 1.82) is 0 Å². The highest BCUT2D eigenvalue weighted by molar-refractivity contribution is 5.88. The average Bonchev–Trinajstić information content (AvgIpc) is 2.47. The van der Waals surface area contributed by atoms with Gasteiger partial charge in [0.25, 0.3) is 0 Å². The molecule has 0 unspecified atom stereocenters. The van der Waals surface area contributed by atoms with Crippen molar-refractivity contribution in [1.82, 2.24) is 15.0 Å². The molecule has 1 saturated heterocycles. The molecule has 8 heteroatoms. The molecule has 0 atom stereocenters. The second-order valence-electron chi connectivity index (χ2n) is 4.78. The van der Waals surface area contributed by atoms with E-state index in [1.807, 2.05) is 0 Å². The van der Waals surface area contributed by atoms with E-state index >= 15 is 0 Å². The zero-order valence-corrected chi connectivity index (χ0v) is 13.5. The molecule has 1 aromatic rings. The quantitative estimate of drug-likeness (QED) is 0.827. The largest absolute Gasteiger partial charge is 0.378 e. The lowest BCUT2D eigenvalue weighted by molar-refractivity contribution is -0.116. The van der Waals surface area contributed by atoms with Crippen LogP contribution in [-0.4, -0.2) is 54.2 Å². The predicted octanol–water partition coefficient (Wildman–Crippen LogP) is 1.07. The SMILES string of the molecule is CCCc1nc(N2CCOCC2)nc(N(C)C(C)=O)n1.Cl. The molecule has 0 bridgehead atoms. The summed E-state index contributed by atoms with van der Waals surface area (Å²) in [6.07, 6.45) is 1.73. The topological polar surface area (TPSA) is 71.5 Å². The minimum absolute atomic E-state index is 0. The number of nitrogens with zero attached hydrogens (tertiary/aromatic N) is 5. The van der Waals surface area contributed by atoms with Crippen LogP contribution in [0.1, 0.15) is 26.1 Å². The molecule has 1 aliphatic heterocycles. The summed E-state index contributed by atoms with van der Waals surface area (Å²) in [6, 6.07) is 0. The number of aryl methyl sites for hydroxylation is 1. The first-order chi connectivity index (χ1) is 9.61. The molecule has 118 valence electrons. The zero-order chi connectivity index (χ0) is 14.5. The normalized spacial score (nSPS) is 14.5. The standard InChI is InChI=1S/C13H21N5O2.ClH/c1-4-5-11-14-12(17(3)10(2)19)16-13(15-11)18-6-8-20-9-7-18;/h4-9H2,1-3H3;1H. The third-order valence-electron chi connectivity index (χ3n) is 3.20. The molecule has 2 heterocycles. The van der Waals surface area contributed by atoms with Crippen molar-refractivity contribution < 1.29 is 9.53 Å². The van der Waals surface area contributed by atoms with Gasteiger partial charge in [0.15, 0.2) is 0 Å².